The van der Waals surface area contributed by atoms with E-state index < -0.39 is 11.7 Å². The zero-order valence-corrected chi connectivity index (χ0v) is 13.6. The van der Waals surface area contributed by atoms with Gasteiger partial charge >= 0.3 is 6.18 Å². The second kappa shape index (κ2) is 7.59. The lowest BCUT2D eigenvalue weighted by Crippen LogP contribution is -2.42. The Kier molecular flexibility index (Phi) is 5.46. The van der Waals surface area contributed by atoms with Crippen LogP contribution in [0.25, 0.3) is 0 Å². The molecule has 2 heterocycles. The van der Waals surface area contributed by atoms with E-state index in [9.17, 15) is 13.2 Å². The van der Waals surface area contributed by atoms with Crippen LogP contribution < -0.4 is 0 Å². The Hall–Kier alpha value is -1.83. The van der Waals surface area contributed by atoms with Crippen LogP contribution in [0, 0.1) is 0 Å². The Balaban J connectivity index is 1.60. The van der Waals surface area contributed by atoms with Crippen LogP contribution in [-0.4, -0.2) is 35.8 Å². The quantitative estimate of drug-likeness (QED) is 0.895. The van der Waals surface area contributed by atoms with Crippen molar-refractivity contribution in [1.29, 1.82) is 0 Å². The minimum Gasteiger partial charge on any atom is -0.462 e. The van der Waals surface area contributed by atoms with E-state index in [4.69, 9.17) is 14.3 Å². The minimum absolute atomic E-state index is 0.138. The molecule has 0 spiro atoms. The molecule has 0 aliphatic carbocycles. The van der Waals surface area contributed by atoms with Gasteiger partial charge in [0.15, 0.2) is 0 Å². The molecule has 1 aromatic heterocycles. The number of benzene rings is 1. The molecule has 1 saturated heterocycles. The molecule has 3 rings (SSSR count). The van der Waals surface area contributed by atoms with Crippen LogP contribution in [0.15, 0.2) is 40.8 Å². The fraction of sp³-hybridized carbons (Fsp3) is 0.444. The Bertz CT molecular complexity index is 699. The second-order valence-corrected chi connectivity index (χ2v) is 6.16. The number of alkyl halides is 3. The molecule has 1 N–H and O–H groups in total. The largest absolute Gasteiger partial charge is 0.462 e. The maximum atomic E-state index is 12.8. The third-order valence-electron chi connectivity index (χ3n) is 4.19. The molecule has 0 saturated carbocycles. The SMILES string of the molecule is OCc1ccc(CN2CCOC(Cc3cccc(C(F)(F)F)c3)C2)o1. The van der Waals surface area contributed by atoms with Crippen LogP contribution in [0.4, 0.5) is 13.2 Å². The number of nitrogens with zero attached hydrogens (tertiary/aromatic N) is 1. The van der Waals surface area contributed by atoms with Crippen LogP contribution in [0.1, 0.15) is 22.6 Å². The van der Waals surface area contributed by atoms with E-state index in [0.717, 1.165) is 18.4 Å². The Labute approximate surface area is 143 Å². The van der Waals surface area contributed by atoms with Crippen molar-refractivity contribution < 1.29 is 27.4 Å². The highest BCUT2D eigenvalue weighted by atomic mass is 19.4. The van der Waals surface area contributed by atoms with Gasteiger partial charge in [0, 0.05) is 13.1 Å². The van der Waals surface area contributed by atoms with Gasteiger partial charge in [-0.1, -0.05) is 18.2 Å². The number of hydrogen-bond donors (Lipinski definition) is 1. The summed E-state index contributed by atoms with van der Waals surface area (Å²) in [4.78, 5) is 2.14. The normalized spacial score (nSPS) is 19.3. The first kappa shape index (κ1) is 18.0. The molecule has 7 heteroatoms. The number of aliphatic hydroxyl groups is 1. The van der Waals surface area contributed by atoms with Gasteiger partial charge in [0.1, 0.15) is 18.1 Å². The van der Waals surface area contributed by atoms with Gasteiger partial charge in [-0.05, 0) is 30.2 Å². The molecule has 0 amide bonds. The summed E-state index contributed by atoms with van der Waals surface area (Å²) < 4.78 is 49.6. The molecule has 1 aliphatic rings. The van der Waals surface area contributed by atoms with Crippen LogP contribution in [-0.2, 0) is 30.5 Å². The van der Waals surface area contributed by atoms with Gasteiger partial charge in [0.25, 0.3) is 0 Å². The van der Waals surface area contributed by atoms with E-state index in [1.165, 1.54) is 12.1 Å². The highest BCUT2D eigenvalue weighted by Gasteiger charge is 2.30. The molecule has 25 heavy (non-hydrogen) atoms. The van der Waals surface area contributed by atoms with Crippen molar-refractivity contribution in [3.63, 3.8) is 0 Å². The fourth-order valence-electron chi connectivity index (χ4n) is 3.00. The Morgan fingerprint density at radius 2 is 1.96 bits per heavy atom. The van der Waals surface area contributed by atoms with Crippen molar-refractivity contribution in [3.8, 4) is 0 Å². The van der Waals surface area contributed by atoms with Crippen LogP contribution >= 0.6 is 0 Å². The van der Waals surface area contributed by atoms with Crippen LogP contribution in [0.5, 0.6) is 0 Å². The monoisotopic (exact) mass is 355 g/mol. The summed E-state index contributed by atoms with van der Waals surface area (Å²) in [6, 6.07) is 8.93. The summed E-state index contributed by atoms with van der Waals surface area (Å²) in [6.45, 7) is 2.32. The molecular formula is C18H20F3NO3. The smallest absolute Gasteiger partial charge is 0.416 e. The third kappa shape index (κ3) is 4.84. The van der Waals surface area contributed by atoms with Crippen molar-refractivity contribution in [2.75, 3.05) is 19.7 Å². The number of hydrogen-bond acceptors (Lipinski definition) is 4. The maximum absolute atomic E-state index is 12.8. The van der Waals surface area contributed by atoms with Gasteiger partial charge in [-0.2, -0.15) is 13.2 Å². The molecular weight excluding hydrogens is 335 g/mol. The molecule has 2 aromatic rings. The summed E-state index contributed by atoms with van der Waals surface area (Å²) in [7, 11) is 0. The molecule has 0 bridgehead atoms. The van der Waals surface area contributed by atoms with Gasteiger partial charge in [0.2, 0.25) is 0 Å². The maximum Gasteiger partial charge on any atom is 0.416 e. The summed E-state index contributed by atoms with van der Waals surface area (Å²) in [5.74, 6) is 1.27. The van der Waals surface area contributed by atoms with Crippen LogP contribution in [0.3, 0.4) is 0 Å². The standard InChI is InChI=1S/C18H20F3NO3/c19-18(20,21)14-3-1-2-13(8-14)9-17-11-22(6-7-24-17)10-15-4-5-16(12-23)25-15/h1-5,8,17,23H,6-7,9-12H2. The lowest BCUT2D eigenvalue weighted by Gasteiger charge is -2.32. The van der Waals surface area contributed by atoms with Gasteiger partial charge in [-0.3, -0.25) is 4.90 Å². The van der Waals surface area contributed by atoms with E-state index in [1.807, 2.05) is 6.07 Å². The summed E-state index contributed by atoms with van der Waals surface area (Å²) in [6.07, 6.45) is -4.07. The zero-order valence-electron chi connectivity index (χ0n) is 13.6. The van der Waals surface area contributed by atoms with Crippen molar-refractivity contribution >= 4 is 0 Å². The Morgan fingerprint density at radius 3 is 2.68 bits per heavy atom. The lowest BCUT2D eigenvalue weighted by molar-refractivity contribution is -0.137. The van der Waals surface area contributed by atoms with Gasteiger partial charge < -0.3 is 14.3 Å². The average Bonchev–Trinajstić information content (AvgIpc) is 3.02. The predicted molar refractivity (Wildman–Crippen MR) is 84.8 cm³/mol. The molecule has 1 aliphatic heterocycles. The van der Waals surface area contributed by atoms with Crippen molar-refractivity contribution in [2.45, 2.75) is 31.9 Å². The average molecular weight is 355 g/mol. The number of morpholine rings is 1. The first-order valence-corrected chi connectivity index (χ1v) is 8.12. The summed E-state index contributed by atoms with van der Waals surface area (Å²) in [5.41, 5.74) is -0.0213. The number of furan rings is 1. The van der Waals surface area contributed by atoms with Crippen LogP contribution in [0.2, 0.25) is 0 Å². The topological polar surface area (TPSA) is 45.8 Å². The summed E-state index contributed by atoms with van der Waals surface area (Å²) in [5, 5.41) is 9.04. The molecule has 1 unspecified atom stereocenters. The third-order valence-corrected chi connectivity index (χ3v) is 4.19. The van der Waals surface area contributed by atoms with E-state index in [1.54, 1.807) is 12.1 Å². The highest BCUT2D eigenvalue weighted by molar-refractivity contribution is 5.26. The van der Waals surface area contributed by atoms with Crippen molar-refractivity contribution in [3.05, 3.63) is 59.0 Å². The van der Waals surface area contributed by atoms with Gasteiger partial charge in [0.05, 0.1) is 24.8 Å². The van der Waals surface area contributed by atoms with E-state index in [0.29, 0.717) is 37.4 Å². The van der Waals surface area contributed by atoms with Gasteiger partial charge in [-0.25, -0.2) is 0 Å². The highest BCUT2D eigenvalue weighted by Crippen LogP contribution is 2.30. The molecule has 4 nitrogen and oxygen atoms in total. The number of aliphatic hydroxyl groups excluding tert-OH is 1. The summed E-state index contributed by atoms with van der Waals surface area (Å²) >= 11 is 0. The minimum atomic E-state index is -4.33. The molecule has 1 fully saturated rings. The predicted octanol–water partition coefficient (Wildman–Crippen LogP) is 3.23. The van der Waals surface area contributed by atoms with Crippen molar-refractivity contribution in [2.24, 2.45) is 0 Å². The Morgan fingerprint density at radius 1 is 1.16 bits per heavy atom. The fourth-order valence-corrected chi connectivity index (χ4v) is 3.00. The van der Waals surface area contributed by atoms with Crippen molar-refractivity contribution in [1.82, 2.24) is 4.90 Å². The molecule has 0 radical (unpaired) electrons. The lowest BCUT2D eigenvalue weighted by atomic mass is 10.0. The van der Waals surface area contributed by atoms with E-state index in [2.05, 4.69) is 4.90 Å². The van der Waals surface area contributed by atoms with Gasteiger partial charge in [-0.15, -0.1) is 0 Å². The first-order chi connectivity index (χ1) is 11.9. The van der Waals surface area contributed by atoms with E-state index in [-0.39, 0.29) is 12.7 Å². The molecule has 136 valence electrons. The number of halogens is 3. The molecule has 1 aromatic carbocycles. The molecule has 1 atom stereocenters. The number of rotatable bonds is 5. The number of ether oxygens (including phenoxy) is 1. The first-order valence-electron chi connectivity index (χ1n) is 8.12. The zero-order chi connectivity index (χ0) is 17.9. The van der Waals surface area contributed by atoms with E-state index >= 15 is 0 Å². The second-order valence-electron chi connectivity index (χ2n) is 6.16.